The van der Waals surface area contributed by atoms with Crippen LogP contribution in [0.4, 0.5) is 4.39 Å². The first kappa shape index (κ1) is 33.4. The summed E-state index contributed by atoms with van der Waals surface area (Å²) in [5.74, 6) is -1.58. The highest BCUT2D eigenvalue weighted by Crippen LogP contribution is 2.65. The lowest BCUT2D eigenvalue weighted by atomic mass is 9.43. The number of guanidine groups is 1. The van der Waals surface area contributed by atoms with Crippen LogP contribution in [0, 0.1) is 39.1 Å². The Hall–Kier alpha value is -3.46. The maximum atomic E-state index is 14.3. The fourth-order valence-corrected chi connectivity index (χ4v) is 7.04. The third-order valence-corrected chi connectivity index (χ3v) is 9.53. The Kier molecular flexibility index (Phi) is 10.1. The molecule has 6 atom stereocenters. The number of benzene rings is 1. The average Bonchev–Trinajstić information content (AvgIpc) is 3.30. The van der Waals surface area contributed by atoms with Crippen molar-refractivity contribution in [3.63, 3.8) is 0 Å². The molecule has 5 N–H and O–H groups in total. The van der Waals surface area contributed by atoms with Crippen molar-refractivity contribution in [2.24, 2.45) is 33.9 Å². The molecule has 1 heterocycles. The molecular weight excluding hydrogens is 574 g/mol. The summed E-state index contributed by atoms with van der Waals surface area (Å²) in [6.45, 7) is 10.8. The van der Waals surface area contributed by atoms with Gasteiger partial charge in [0.25, 0.3) is 11.9 Å². The van der Waals surface area contributed by atoms with E-state index in [4.69, 9.17) is 19.8 Å². The Labute approximate surface area is 257 Å². The zero-order chi connectivity index (χ0) is 32.4. The Balaban J connectivity index is 1.49. The molecule has 13 nitrogen and oxygen atoms in total. The van der Waals surface area contributed by atoms with Gasteiger partial charge in [-0.2, -0.15) is 0 Å². The number of nitrogens with one attached hydrogen (secondary N) is 3. The molecule has 1 aliphatic heterocycles. The van der Waals surface area contributed by atoms with Gasteiger partial charge in [-0.1, -0.05) is 33.1 Å². The van der Waals surface area contributed by atoms with E-state index in [1.54, 1.807) is 5.43 Å². The third kappa shape index (κ3) is 7.09. The van der Waals surface area contributed by atoms with E-state index in [0.717, 1.165) is 18.9 Å². The molecule has 0 unspecified atom stereocenters. The van der Waals surface area contributed by atoms with E-state index >= 15 is 0 Å². The number of methoxy groups -OCH3 is 1. The highest BCUT2D eigenvalue weighted by molar-refractivity contribution is 6.48. The van der Waals surface area contributed by atoms with Gasteiger partial charge in [0, 0.05) is 12.1 Å². The van der Waals surface area contributed by atoms with Gasteiger partial charge in [0.05, 0.1) is 24.8 Å². The molecule has 44 heavy (non-hydrogen) atoms. The zero-order valence-corrected chi connectivity index (χ0v) is 26.2. The largest absolute Gasteiger partial charge is 0.494 e. The molecule has 0 spiro atoms. The molecule has 2 bridgehead atoms. The first-order chi connectivity index (χ1) is 20.6. The molecule has 0 aromatic heterocycles. The van der Waals surface area contributed by atoms with E-state index in [1.165, 1.54) is 19.2 Å². The molecule has 4 fully saturated rings. The molecular formula is C29H44BFN6O7. The number of hydrazine groups is 1. The van der Waals surface area contributed by atoms with E-state index < -0.39 is 47.4 Å². The summed E-state index contributed by atoms with van der Waals surface area (Å²) in [6.07, 6.45) is 2.91. The second-order valence-electron chi connectivity index (χ2n) is 13.2. The van der Waals surface area contributed by atoms with E-state index in [9.17, 15) is 24.1 Å². The van der Waals surface area contributed by atoms with Crippen LogP contribution in [0.5, 0.6) is 5.75 Å². The first-order valence-electron chi connectivity index (χ1n) is 15.1. The smallest absolute Gasteiger partial charge is 0.481 e. The van der Waals surface area contributed by atoms with Crippen molar-refractivity contribution in [1.29, 1.82) is 0 Å². The van der Waals surface area contributed by atoms with Crippen molar-refractivity contribution in [3.05, 3.63) is 39.7 Å². The van der Waals surface area contributed by atoms with Gasteiger partial charge in [0.15, 0.2) is 16.6 Å². The third-order valence-electron chi connectivity index (χ3n) is 9.53. The lowest BCUT2D eigenvalue weighted by Gasteiger charge is -2.64. The number of rotatable bonds is 13. The van der Waals surface area contributed by atoms with Crippen LogP contribution >= 0.6 is 0 Å². The monoisotopic (exact) mass is 618 g/mol. The van der Waals surface area contributed by atoms with Gasteiger partial charge in [0.1, 0.15) is 6.04 Å². The number of ether oxygens (including phenoxy) is 1. The van der Waals surface area contributed by atoms with Crippen LogP contribution in [0.1, 0.15) is 77.1 Å². The summed E-state index contributed by atoms with van der Waals surface area (Å²) >= 11 is 0. The number of nitrogens with zero attached hydrogens (tertiary/aromatic N) is 2. The Morgan fingerprint density at radius 3 is 2.61 bits per heavy atom. The Morgan fingerprint density at radius 2 is 2.00 bits per heavy atom. The van der Waals surface area contributed by atoms with Crippen LogP contribution in [0.15, 0.2) is 23.2 Å². The van der Waals surface area contributed by atoms with E-state index in [2.05, 4.69) is 36.4 Å². The second kappa shape index (κ2) is 13.3. The summed E-state index contributed by atoms with van der Waals surface area (Å²) in [5.41, 5.74) is 6.98. The molecule has 0 radical (unpaired) electrons. The standard InChI is InChI=1S/C29H44BFN6O7/c1-16(2)12-24(30-43-23-15-18-14-22(28(18,3)4)29(23,5)44-30)35-26(39)20(8-7-11-33-27(32)36-37(40)41)34-25(38)17-9-10-21(42-6)19(31)13-17/h9-10,13,16,18,20,22-24H,7-8,11-12,14-15H2,1-6H3,(H,34,38)(H,35,39)(H3,32,33,36)/t18-,20+,22-,23-,24+,29+/m1/s1. The molecule has 242 valence electrons. The summed E-state index contributed by atoms with van der Waals surface area (Å²) < 4.78 is 32.4. The maximum absolute atomic E-state index is 14.3. The molecule has 2 amide bonds. The number of amides is 2. The quantitative estimate of drug-likeness (QED) is 0.0646. The minimum Gasteiger partial charge on any atom is -0.494 e. The van der Waals surface area contributed by atoms with Gasteiger partial charge < -0.3 is 30.4 Å². The zero-order valence-electron chi connectivity index (χ0n) is 26.2. The number of carbonyl (C=O) groups excluding carboxylic acids is 2. The summed E-state index contributed by atoms with van der Waals surface area (Å²) in [7, 11) is 0.663. The summed E-state index contributed by atoms with van der Waals surface area (Å²) in [5, 5.41) is 15.5. The van der Waals surface area contributed by atoms with Crippen LogP contribution in [0.2, 0.25) is 0 Å². The number of hydrogen-bond donors (Lipinski definition) is 4. The minimum atomic E-state index is -1.03. The van der Waals surface area contributed by atoms with Gasteiger partial charge in [-0.15, -0.1) is 0 Å². The summed E-state index contributed by atoms with van der Waals surface area (Å²) in [4.78, 5) is 41.4. The minimum absolute atomic E-state index is 0.0124. The van der Waals surface area contributed by atoms with Gasteiger partial charge in [0.2, 0.25) is 5.91 Å². The Morgan fingerprint density at radius 1 is 1.27 bits per heavy atom. The lowest BCUT2D eigenvalue weighted by molar-refractivity contribution is -0.525. The van der Waals surface area contributed by atoms with Gasteiger partial charge >= 0.3 is 7.12 Å². The number of aliphatic imine (C=N–C) groups is 1. The normalized spacial score (nSPS) is 26.7. The molecule has 4 aliphatic rings. The Bertz CT molecular complexity index is 1280. The number of carbonyl (C=O) groups is 2. The van der Waals surface area contributed by atoms with Crippen LogP contribution < -0.4 is 26.5 Å². The van der Waals surface area contributed by atoms with Crippen LogP contribution in [-0.2, 0) is 14.1 Å². The highest BCUT2D eigenvalue weighted by Gasteiger charge is 2.68. The van der Waals surface area contributed by atoms with Crippen molar-refractivity contribution in [2.75, 3.05) is 13.7 Å². The molecule has 1 aromatic rings. The number of nitrogens with two attached hydrogens (primary N) is 1. The van der Waals surface area contributed by atoms with E-state index in [1.807, 2.05) is 13.8 Å². The SMILES string of the molecule is COc1ccc(C(=O)N[C@@H](CCCN=C(N)N[N+](=O)[O-])C(=O)N[C@@H](CC(C)C)B2O[C@@H]3C[C@H]4C[C@H](C4(C)C)[C@]3(C)O2)cc1F. The average molecular weight is 619 g/mol. The molecule has 15 heteroatoms. The molecule has 1 aromatic carbocycles. The molecule has 3 aliphatic carbocycles. The van der Waals surface area contributed by atoms with Crippen molar-refractivity contribution >= 4 is 24.9 Å². The van der Waals surface area contributed by atoms with E-state index in [0.29, 0.717) is 18.3 Å². The number of halogens is 1. The topological polar surface area (TPSA) is 179 Å². The first-order valence-corrected chi connectivity index (χ1v) is 15.1. The molecule has 3 saturated carbocycles. The van der Waals surface area contributed by atoms with Crippen molar-refractivity contribution in [2.45, 2.75) is 90.4 Å². The molecule has 5 rings (SSSR count). The number of hydrogen-bond acceptors (Lipinski definition) is 8. The molecule has 1 saturated heterocycles. The van der Waals surface area contributed by atoms with Crippen LogP contribution in [-0.4, -0.2) is 67.3 Å². The van der Waals surface area contributed by atoms with Crippen molar-refractivity contribution < 1.29 is 33.1 Å². The van der Waals surface area contributed by atoms with E-state index in [-0.39, 0.29) is 54.1 Å². The maximum Gasteiger partial charge on any atom is 0.481 e. The predicted octanol–water partition coefficient (Wildman–Crippen LogP) is 2.61. The van der Waals surface area contributed by atoms with Gasteiger partial charge in [-0.3, -0.25) is 9.59 Å². The number of nitro groups is 1. The van der Waals surface area contributed by atoms with Crippen LogP contribution in [0.3, 0.4) is 0 Å². The fraction of sp³-hybridized carbons (Fsp3) is 0.690. The van der Waals surface area contributed by atoms with Crippen molar-refractivity contribution in [1.82, 2.24) is 16.1 Å². The lowest BCUT2D eigenvalue weighted by Crippen LogP contribution is -2.65. The van der Waals surface area contributed by atoms with Crippen LogP contribution in [0.25, 0.3) is 0 Å². The van der Waals surface area contributed by atoms with Gasteiger partial charge in [-0.25, -0.2) is 19.5 Å². The summed E-state index contributed by atoms with van der Waals surface area (Å²) in [6, 6.07) is 2.73. The second-order valence-corrected chi connectivity index (χ2v) is 13.2. The fourth-order valence-electron chi connectivity index (χ4n) is 7.04. The van der Waals surface area contributed by atoms with Gasteiger partial charge in [-0.05, 0) is 80.4 Å². The predicted molar refractivity (Wildman–Crippen MR) is 162 cm³/mol. The highest BCUT2D eigenvalue weighted by atomic mass is 19.1. The van der Waals surface area contributed by atoms with Crippen molar-refractivity contribution in [3.8, 4) is 5.75 Å².